The first-order valence-corrected chi connectivity index (χ1v) is 10.8. The van der Waals surface area contributed by atoms with Gasteiger partial charge in [0, 0.05) is 24.2 Å². The third-order valence-corrected chi connectivity index (χ3v) is 6.32. The molecule has 1 aromatic carbocycles. The minimum absolute atomic E-state index is 0.0398. The van der Waals surface area contributed by atoms with Crippen LogP contribution < -0.4 is 10.7 Å². The number of phenolic OH excluding ortho intramolecular Hbond substituents is 2. The van der Waals surface area contributed by atoms with Crippen LogP contribution in [0, 0.1) is 0 Å². The van der Waals surface area contributed by atoms with Crippen LogP contribution in [0.1, 0.15) is 37.6 Å². The summed E-state index contributed by atoms with van der Waals surface area (Å²) in [6.07, 6.45) is 0.805. The van der Waals surface area contributed by atoms with Crippen molar-refractivity contribution in [3.05, 3.63) is 23.8 Å². The Morgan fingerprint density at radius 1 is 1.27 bits per heavy atom. The van der Waals surface area contributed by atoms with Gasteiger partial charge in [0.1, 0.15) is 10.8 Å². The number of thiol groups is 1. The summed E-state index contributed by atoms with van der Waals surface area (Å²) >= 11 is 0. The molecule has 1 aliphatic heterocycles. The number of hydrazone groups is 1. The van der Waals surface area contributed by atoms with Crippen LogP contribution in [0.2, 0.25) is 0 Å². The van der Waals surface area contributed by atoms with Crippen molar-refractivity contribution in [2.75, 3.05) is 0 Å². The molecule has 0 radical (unpaired) electrons. The Balaban J connectivity index is 2.11. The van der Waals surface area contributed by atoms with Gasteiger partial charge in [0.15, 0.2) is 28.2 Å². The molecule has 0 aromatic heterocycles. The Bertz CT molecular complexity index is 1080. The van der Waals surface area contributed by atoms with Gasteiger partial charge in [0.25, 0.3) is 11.8 Å². The van der Waals surface area contributed by atoms with Crippen LogP contribution in [0.15, 0.2) is 23.3 Å². The van der Waals surface area contributed by atoms with Crippen LogP contribution in [-0.2, 0) is 25.1 Å². The fourth-order valence-corrected chi connectivity index (χ4v) is 3.78. The Morgan fingerprint density at radius 3 is 2.39 bits per heavy atom. The van der Waals surface area contributed by atoms with Gasteiger partial charge in [-0.05, 0) is 39.0 Å². The molecule has 2 rings (SSSR count). The molecule has 1 aromatic rings. The smallest absolute Gasteiger partial charge is 0.328 e. The number of aliphatic carboxylic acids is 1. The number of nitrogens with zero attached hydrogens (tertiary/aromatic N) is 2. The van der Waals surface area contributed by atoms with E-state index in [0.717, 1.165) is 30.2 Å². The number of hydrogen-bond acceptors (Lipinski definition) is 9. The maximum absolute atomic E-state index is 12.2. The number of phenols is 2. The molecule has 3 amide bonds. The number of carboxylic acid groups (broad SMARTS) is 1. The summed E-state index contributed by atoms with van der Waals surface area (Å²) < 4.78 is 21.7. The minimum Gasteiger partial charge on any atom is -0.504 e. The van der Waals surface area contributed by atoms with E-state index in [9.17, 15) is 42.9 Å². The van der Waals surface area contributed by atoms with Gasteiger partial charge in [-0.3, -0.25) is 14.4 Å². The van der Waals surface area contributed by atoms with Gasteiger partial charge in [0.05, 0.1) is 0 Å². The monoisotopic (exact) mass is 484 g/mol. The maximum Gasteiger partial charge on any atom is 0.328 e. The average molecular weight is 484 g/mol. The molecular formula is C19H24N4O9S. The van der Waals surface area contributed by atoms with Gasteiger partial charge in [-0.15, -0.1) is 0 Å². The molecule has 0 unspecified atom stereocenters. The predicted molar refractivity (Wildman–Crippen MR) is 114 cm³/mol. The van der Waals surface area contributed by atoms with E-state index in [1.54, 1.807) is 6.92 Å². The number of likely N-dealkylation sites (tertiary alicyclic amines) is 1. The average Bonchev–Trinajstić information content (AvgIpc) is 2.73. The first kappa shape index (κ1) is 25.6. The lowest BCUT2D eigenvalue weighted by atomic mass is 9.92. The number of amides is 3. The molecule has 0 spiro atoms. The van der Waals surface area contributed by atoms with Crippen molar-refractivity contribution >= 4 is 40.6 Å². The molecule has 0 bridgehead atoms. The Morgan fingerprint density at radius 2 is 1.91 bits per heavy atom. The summed E-state index contributed by atoms with van der Waals surface area (Å²) in [5.74, 6) is -4.63. The number of carboxylic acids is 1. The highest BCUT2D eigenvalue weighted by atomic mass is 32.2. The van der Waals surface area contributed by atoms with E-state index in [2.05, 4.69) is 10.4 Å². The summed E-state index contributed by atoms with van der Waals surface area (Å²) in [4.78, 5) is 49.0. The Kier molecular flexibility index (Phi) is 7.64. The molecule has 14 heteroatoms. The van der Waals surface area contributed by atoms with E-state index in [1.165, 1.54) is 13.0 Å². The summed E-state index contributed by atoms with van der Waals surface area (Å²) in [6.45, 7) is 3.94. The number of aromatic hydroxyl groups is 2. The zero-order valence-corrected chi connectivity index (χ0v) is 18.8. The van der Waals surface area contributed by atoms with Gasteiger partial charge in [-0.1, -0.05) is 0 Å². The highest BCUT2D eigenvalue weighted by molar-refractivity contribution is 7.75. The lowest BCUT2D eigenvalue weighted by Crippen LogP contribution is -2.66. The molecular weight excluding hydrogens is 460 g/mol. The summed E-state index contributed by atoms with van der Waals surface area (Å²) in [5, 5.41) is 34.2. The maximum atomic E-state index is 12.2. The topological polar surface area (TPSA) is 203 Å². The molecule has 5 N–H and O–H groups in total. The van der Waals surface area contributed by atoms with Crippen LogP contribution in [-0.4, -0.2) is 81.4 Å². The van der Waals surface area contributed by atoms with Crippen molar-refractivity contribution in [2.45, 2.75) is 50.1 Å². The fourth-order valence-electron chi connectivity index (χ4n) is 3.19. The molecule has 1 aliphatic rings. The van der Waals surface area contributed by atoms with Crippen molar-refractivity contribution in [2.24, 2.45) is 5.10 Å². The molecule has 33 heavy (non-hydrogen) atoms. The number of benzene rings is 1. The molecule has 0 saturated carbocycles. The van der Waals surface area contributed by atoms with Crippen molar-refractivity contribution in [1.82, 2.24) is 15.6 Å². The number of hydrogen-bond donors (Lipinski definition) is 6. The van der Waals surface area contributed by atoms with Gasteiger partial charge in [-0.2, -0.15) is 5.10 Å². The van der Waals surface area contributed by atoms with Gasteiger partial charge < -0.3 is 25.5 Å². The van der Waals surface area contributed by atoms with Crippen LogP contribution in [0.25, 0.3) is 0 Å². The molecule has 1 saturated heterocycles. The van der Waals surface area contributed by atoms with Crippen molar-refractivity contribution in [1.29, 1.82) is 0 Å². The van der Waals surface area contributed by atoms with E-state index < -0.39 is 68.8 Å². The van der Waals surface area contributed by atoms with Crippen LogP contribution in [0.5, 0.6) is 11.5 Å². The van der Waals surface area contributed by atoms with E-state index >= 15 is 0 Å². The lowest BCUT2D eigenvalue weighted by Gasteiger charge is -2.45. The molecule has 1 heterocycles. The van der Waals surface area contributed by atoms with Gasteiger partial charge in [-0.25, -0.2) is 18.6 Å². The third kappa shape index (κ3) is 5.39. The summed E-state index contributed by atoms with van der Waals surface area (Å²) in [6, 6.07) is -0.0981. The minimum atomic E-state index is -3.45. The molecule has 0 aliphatic carbocycles. The molecule has 13 nitrogen and oxygen atoms in total. The molecule has 4 atom stereocenters. The SMILES string of the molecule is C[C@H](NC(=O)c1ccc(O)c(O)c1)C(=O)N/N=C/[C@@](C)([C@H](C(=O)O)N1C(=O)C[C@H]1C)[SH](=O)=O. The Labute approximate surface area is 190 Å². The quantitative estimate of drug-likeness (QED) is 0.0814. The van der Waals surface area contributed by atoms with Crippen molar-refractivity contribution in [3.8, 4) is 11.5 Å². The number of carbonyl (C=O) groups excluding carboxylic acids is 3. The van der Waals surface area contributed by atoms with E-state index in [4.69, 9.17) is 0 Å². The van der Waals surface area contributed by atoms with E-state index in [-0.39, 0.29) is 12.0 Å². The fraction of sp³-hybridized carbons (Fsp3) is 0.421. The van der Waals surface area contributed by atoms with Crippen LogP contribution in [0.4, 0.5) is 0 Å². The highest BCUT2D eigenvalue weighted by Gasteiger charge is 2.52. The highest BCUT2D eigenvalue weighted by Crippen LogP contribution is 2.29. The lowest BCUT2D eigenvalue weighted by molar-refractivity contribution is -0.161. The second kappa shape index (κ2) is 9.85. The van der Waals surface area contributed by atoms with E-state index in [1.807, 2.05) is 5.43 Å². The normalized spacial score (nSPS) is 19.5. The Hall–Kier alpha value is -3.68. The van der Waals surface area contributed by atoms with Crippen molar-refractivity contribution in [3.63, 3.8) is 0 Å². The molecule has 1 fully saturated rings. The molecule has 180 valence electrons. The second-order valence-corrected chi connectivity index (χ2v) is 9.19. The first-order valence-electron chi connectivity index (χ1n) is 9.65. The zero-order valence-electron chi connectivity index (χ0n) is 17.9. The standard InChI is InChI=1S/C19H24N4O9S/c1-9-6-14(26)23(9)15(18(29)30)19(3,33(31)32)8-20-22-16(27)10(2)21-17(28)11-4-5-12(24)13(25)7-11/h4-5,7-10,15,24-25,33H,6H2,1-3H3,(H,21,28)(H,22,27)(H,29,30)/b20-8+/t9-,10+,15+,19+/m1/s1. The van der Waals surface area contributed by atoms with Gasteiger partial charge >= 0.3 is 5.97 Å². The zero-order chi connectivity index (χ0) is 25.1. The summed E-state index contributed by atoms with van der Waals surface area (Å²) in [5.41, 5.74) is 1.98. The number of rotatable bonds is 9. The van der Waals surface area contributed by atoms with Crippen LogP contribution >= 0.6 is 0 Å². The second-order valence-electron chi connectivity index (χ2n) is 7.71. The van der Waals surface area contributed by atoms with Crippen molar-refractivity contribution < 1.29 is 42.9 Å². The summed E-state index contributed by atoms with van der Waals surface area (Å²) in [7, 11) is -3.45. The first-order chi connectivity index (χ1) is 15.3. The third-order valence-electron chi connectivity index (χ3n) is 5.17. The number of carbonyl (C=O) groups is 4. The van der Waals surface area contributed by atoms with Crippen LogP contribution in [0.3, 0.4) is 0 Å². The predicted octanol–water partition coefficient (Wildman–Crippen LogP) is -1.24. The van der Waals surface area contributed by atoms with E-state index in [0.29, 0.717) is 0 Å². The largest absolute Gasteiger partial charge is 0.504 e. The number of nitrogens with one attached hydrogen (secondary N) is 2. The number of β-lactam (4-membered cyclic amide) rings is 1. The van der Waals surface area contributed by atoms with Gasteiger partial charge in [0.2, 0.25) is 5.91 Å².